The molecule has 2 rings (SSSR count). The highest BCUT2D eigenvalue weighted by molar-refractivity contribution is 5.75. The van der Waals surface area contributed by atoms with E-state index in [0.29, 0.717) is 16.9 Å². The fourth-order valence-electron chi connectivity index (χ4n) is 1.39. The van der Waals surface area contributed by atoms with Gasteiger partial charge in [-0.15, -0.1) is 0 Å². The van der Waals surface area contributed by atoms with E-state index in [4.69, 9.17) is 4.74 Å². The van der Waals surface area contributed by atoms with Crippen LogP contribution < -0.4 is 0 Å². The molecule has 0 amide bonds. The third-order valence-corrected chi connectivity index (χ3v) is 2.60. The Bertz CT molecular complexity index is 495. The number of rotatable bonds is 2. The standard InChI is InChI=1S/C11H12F2N2O/c1-11(2,16-3)10-14-8-4-6(12)7(13)5-9(8)15-10/h4-5H,1-3H3,(H,14,15). The van der Waals surface area contributed by atoms with Gasteiger partial charge in [-0.2, -0.15) is 0 Å². The molecule has 86 valence electrons. The molecule has 1 N–H and O–H groups in total. The molecule has 0 aliphatic carbocycles. The van der Waals surface area contributed by atoms with Crippen LogP contribution in [0.2, 0.25) is 0 Å². The van der Waals surface area contributed by atoms with Crippen LogP contribution in [0.3, 0.4) is 0 Å². The van der Waals surface area contributed by atoms with Gasteiger partial charge in [-0.25, -0.2) is 13.8 Å². The van der Waals surface area contributed by atoms with Crippen molar-refractivity contribution >= 4 is 11.0 Å². The lowest BCUT2D eigenvalue weighted by molar-refractivity contribution is 0.0124. The van der Waals surface area contributed by atoms with E-state index in [9.17, 15) is 8.78 Å². The van der Waals surface area contributed by atoms with Crippen LogP contribution in [-0.2, 0) is 10.3 Å². The van der Waals surface area contributed by atoms with Crippen LogP contribution in [0.4, 0.5) is 8.78 Å². The van der Waals surface area contributed by atoms with Gasteiger partial charge in [0.15, 0.2) is 11.6 Å². The number of aromatic nitrogens is 2. The Morgan fingerprint density at radius 2 is 1.88 bits per heavy atom. The van der Waals surface area contributed by atoms with Crippen LogP contribution in [0.25, 0.3) is 11.0 Å². The summed E-state index contributed by atoms with van der Waals surface area (Å²) in [6.45, 7) is 3.63. The quantitative estimate of drug-likeness (QED) is 0.854. The molecule has 0 atom stereocenters. The number of nitrogens with one attached hydrogen (secondary N) is 1. The number of hydrogen-bond donors (Lipinski definition) is 1. The van der Waals surface area contributed by atoms with Gasteiger partial charge < -0.3 is 9.72 Å². The number of methoxy groups -OCH3 is 1. The normalized spacial score (nSPS) is 12.3. The first-order chi connectivity index (χ1) is 7.44. The Morgan fingerprint density at radius 1 is 1.25 bits per heavy atom. The second-order valence-electron chi connectivity index (χ2n) is 4.08. The van der Waals surface area contributed by atoms with E-state index < -0.39 is 17.2 Å². The number of ether oxygens (including phenoxy) is 1. The molecule has 1 aromatic heterocycles. The van der Waals surface area contributed by atoms with E-state index in [0.717, 1.165) is 12.1 Å². The third-order valence-electron chi connectivity index (χ3n) is 2.60. The van der Waals surface area contributed by atoms with Crippen molar-refractivity contribution in [2.24, 2.45) is 0 Å². The number of H-pyrrole nitrogens is 1. The lowest BCUT2D eigenvalue weighted by atomic mass is 10.1. The van der Waals surface area contributed by atoms with Crippen LogP contribution in [0.1, 0.15) is 19.7 Å². The minimum absolute atomic E-state index is 0.388. The molecule has 0 aliphatic rings. The summed E-state index contributed by atoms with van der Waals surface area (Å²) in [6.07, 6.45) is 0. The van der Waals surface area contributed by atoms with Crippen molar-refractivity contribution in [1.29, 1.82) is 0 Å². The second kappa shape index (κ2) is 3.52. The Morgan fingerprint density at radius 3 is 2.50 bits per heavy atom. The lowest BCUT2D eigenvalue weighted by Gasteiger charge is -2.19. The molecule has 2 aromatic rings. The maximum absolute atomic E-state index is 13.0. The van der Waals surface area contributed by atoms with E-state index in [1.807, 2.05) is 13.8 Å². The van der Waals surface area contributed by atoms with Crippen LogP contribution in [0.5, 0.6) is 0 Å². The molecule has 0 radical (unpaired) electrons. The summed E-state index contributed by atoms with van der Waals surface area (Å²) < 4.78 is 31.2. The molecule has 0 aliphatic heterocycles. The first-order valence-electron chi connectivity index (χ1n) is 4.84. The molecule has 0 unspecified atom stereocenters. The summed E-state index contributed by atoms with van der Waals surface area (Å²) in [5.74, 6) is -1.26. The van der Waals surface area contributed by atoms with E-state index in [2.05, 4.69) is 9.97 Å². The minimum Gasteiger partial charge on any atom is -0.371 e. The van der Waals surface area contributed by atoms with E-state index >= 15 is 0 Å². The number of aromatic amines is 1. The number of imidazole rings is 1. The molecule has 0 spiro atoms. The monoisotopic (exact) mass is 226 g/mol. The molecule has 0 saturated carbocycles. The van der Waals surface area contributed by atoms with Gasteiger partial charge in [-0.1, -0.05) is 0 Å². The van der Waals surface area contributed by atoms with Crippen molar-refractivity contribution in [3.63, 3.8) is 0 Å². The van der Waals surface area contributed by atoms with Crippen molar-refractivity contribution < 1.29 is 13.5 Å². The molecule has 1 heterocycles. The fraction of sp³-hybridized carbons (Fsp3) is 0.364. The summed E-state index contributed by atoms with van der Waals surface area (Å²) in [4.78, 5) is 7.08. The van der Waals surface area contributed by atoms with Gasteiger partial charge in [0.2, 0.25) is 0 Å². The average Bonchev–Trinajstić information content (AvgIpc) is 2.62. The van der Waals surface area contributed by atoms with Gasteiger partial charge in [-0.3, -0.25) is 0 Å². The highest BCUT2D eigenvalue weighted by atomic mass is 19.2. The van der Waals surface area contributed by atoms with Crippen molar-refractivity contribution in [3.8, 4) is 0 Å². The number of hydrogen-bond acceptors (Lipinski definition) is 2. The summed E-state index contributed by atoms with van der Waals surface area (Å²) in [5, 5.41) is 0. The van der Waals surface area contributed by atoms with Crippen molar-refractivity contribution in [3.05, 3.63) is 29.6 Å². The number of halogens is 2. The Hall–Kier alpha value is -1.49. The van der Waals surface area contributed by atoms with Crippen LogP contribution in [0.15, 0.2) is 12.1 Å². The smallest absolute Gasteiger partial charge is 0.161 e. The highest BCUT2D eigenvalue weighted by Crippen LogP contribution is 2.24. The van der Waals surface area contributed by atoms with E-state index in [1.54, 1.807) is 7.11 Å². The fourth-order valence-corrected chi connectivity index (χ4v) is 1.39. The Balaban J connectivity index is 2.61. The van der Waals surface area contributed by atoms with Gasteiger partial charge in [-0.05, 0) is 13.8 Å². The molecular formula is C11H12F2N2O. The zero-order chi connectivity index (χ0) is 11.9. The number of fused-ring (bicyclic) bond motifs is 1. The number of benzene rings is 1. The number of nitrogens with zero attached hydrogens (tertiary/aromatic N) is 1. The zero-order valence-electron chi connectivity index (χ0n) is 9.27. The molecule has 0 fully saturated rings. The van der Waals surface area contributed by atoms with Gasteiger partial charge in [0.05, 0.1) is 11.0 Å². The van der Waals surface area contributed by atoms with E-state index in [1.165, 1.54) is 0 Å². The largest absolute Gasteiger partial charge is 0.371 e. The SMILES string of the molecule is COC(C)(C)c1nc2cc(F)c(F)cc2[nH]1. The molecular weight excluding hydrogens is 214 g/mol. The van der Waals surface area contributed by atoms with Gasteiger partial charge in [0.25, 0.3) is 0 Å². The summed E-state index contributed by atoms with van der Waals surface area (Å²) in [5.41, 5.74) is 0.226. The Labute approximate surface area is 91.4 Å². The van der Waals surface area contributed by atoms with Crippen molar-refractivity contribution in [2.75, 3.05) is 7.11 Å². The average molecular weight is 226 g/mol. The van der Waals surface area contributed by atoms with Crippen molar-refractivity contribution in [1.82, 2.24) is 9.97 Å². The summed E-state index contributed by atoms with van der Waals surface area (Å²) >= 11 is 0. The zero-order valence-corrected chi connectivity index (χ0v) is 9.27. The van der Waals surface area contributed by atoms with Crippen LogP contribution in [-0.4, -0.2) is 17.1 Å². The first kappa shape index (κ1) is 11.0. The van der Waals surface area contributed by atoms with Gasteiger partial charge in [0, 0.05) is 19.2 Å². The lowest BCUT2D eigenvalue weighted by Crippen LogP contribution is -2.21. The molecule has 5 heteroatoms. The molecule has 16 heavy (non-hydrogen) atoms. The predicted octanol–water partition coefficient (Wildman–Crippen LogP) is 2.72. The minimum atomic E-state index is -0.902. The maximum atomic E-state index is 13.0. The van der Waals surface area contributed by atoms with E-state index in [-0.39, 0.29) is 0 Å². The van der Waals surface area contributed by atoms with Crippen LogP contribution >= 0.6 is 0 Å². The second-order valence-corrected chi connectivity index (χ2v) is 4.08. The summed E-state index contributed by atoms with van der Waals surface area (Å²) in [7, 11) is 1.55. The van der Waals surface area contributed by atoms with Crippen molar-refractivity contribution in [2.45, 2.75) is 19.4 Å². The summed E-state index contributed by atoms with van der Waals surface area (Å²) in [6, 6.07) is 2.16. The first-order valence-corrected chi connectivity index (χ1v) is 4.84. The van der Waals surface area contributed by atoms with Gasteiger partial charge >= 0.3 is 0 Å². The molecule has 1 aromatic carbocycles. The highest BCUT2D eigenvalue weighted by Gasteiger charge is 2.24. The topological polar surface area (TPSA) is 37.9 Å². The third kappa shape index (κ3) is 1.67. The molecule has 3 nitrogen and oxygen atoms in total. The van der Waals surface area contributed by atoms with Gasteiger partial charge in [0.1, 0.15) is 11.4 Å². The molecule has 0 saturated heterocycles. The predicted molar refractivity (Wildman–Crippen MR) is 56.0 cm³/mol. The Kier molecular flexibility index (Phi) is 2.42. The maximum Gasteiger partial charge on any atom is 0.161 e. The van der Waals surface area contributed by atoms with Crippen LogP contribution in [0, 0.1) is 11.6 Å². The molecule has 0 bridgehead atoms.